The Morgan fingerprint density at radius 1 is 1.18 bits per heavy atom. The first-order chi connectivity index (χ1) is 15.8. The van der Waals surface area contributed by atoms with Crippen molar-refractivity contribution < 1.29 is 14.3 Å². The highest BCUT2D eigenvalue weighted by molar-refractivity contribution is 9.10. The number of nitrogens with zero attached hydrogens (tertiary/aromatic N) is 2. The fraction of sp³-hybridized carbons (Fsp3) is 0.462. The van der Waals surface area contributed by atoms with E-state index in [0.29, 0.717) is 40.7 Å². The lowest BCUT2D eigenvalue weighted by atomic mass is 9.90. The molecule has 33 heavy (non-hydrogen) atoms. The highest BCUT2D eigenvalue weighted by Gasteiger charge is 2.54. The molecule has 0 N–H and O–H groups in total. The number of carbonyl (C=O) groups is 2. The first-order valence-corrected chi connectivity index (χ1v) is 12.6. The van der Waals surface area contributed by atoms with Gasteiger partial charge in [-0.2, -0.15) is 0 Å². The van der Waals surface area contributed by atoms with Crippen LogP contribution in [0.25, 0.3) is 0 Å². The quantitative estimate of drug-likeness (QED) is 0.476. The van der Waals surface area contributed by atoms with E-state index in [1.54, 1.807) is 32.3 Å². The monoisotopic (exact) mass is 532 g/mol. The third-order valence-electron chi connectivity index (χ3n) is 7.03. The molecule has 0 aromatic heterocycles. The van der Waals surface area contributed by atoms with Crippen LogP contribution in [0.15, 0.2) is 46.9 Å². The van der Waals surface area contributed by atoms with Gasteiger partial charge in [0.05, 0.1) is 23.6 Å². The maximum absolute atomic E-state index is 12.7. The third-order valence-corrected chi connectivity index (χ3v) is 7.83. The van der Waals surface area contributed by atoms with E-state index in [4.69, 9.17) is 16.3 Å². The number of hydrogen-bond acceptors (Lipinski definition) is 3. The summed E-state index contributed by atoms with van der Waals surface area (Å²) in [7, 11) is 3.41. The largest absolute Gasteiger partial charge is 0.494 e. The molecule has 176 valence electrons. The fourth-order valence-electron chi connectivity index (χ4n) is 4.91. The van der Waals surface area contributed by atoms with Crippen molar-refractivity contribution in [2.45, 2.75) is 32.1 Å². The molecule has 2 aromatic carbocycles. The van der Waals surface area contributed by atoms with Crippen LogP contribution in [0.4, 0.5) is 0 Å². The first kappa shape index (κ1) is 24.1. The minimum absolute atomic E-state index is 0.118. The minimum Gasteiger partial charge on any atom is -0.494 e. The maximum Gasteiger partial charge on any atom is 0.254 e. The Kier molecular flexibility index (Phi) is 7.34. The van der Waals surface area contributed by atoms with E-state index in [-0.39, 0.29) is 11.8 Å². The van der Waals surface area contributed by atoms with Gasteiger partial charge in [-0.25, -0.2) is 0 Å². The van der Waals surface area contributed by atoms with Crippen LogP contribution in [0.2, 0.25) is 5.02 Å². The summed E-state index contributed by atoms with van der Waals surface area (Å²) in [6.45, 7) is 2.33. The van der Waals surface area contributed by atoms with E-state index in [9.17, 15) is 9.59 Å². The van der Waals surface area contributed by atoms with Crippen LogP contribution in [0.5, 0.6) is 5.75 Å². The predicted octanol–water partition coefficient (Wildman–Crippen LogP) is 5.44. The molecule has 2 fully saturated rings. The van der Waals surface area contributed by atoms with Crippen molar-refractivity contribution in [2.24, 2.45) is 11.3 Å². The molecule has 2 aromatic rings. The Bertz CT molecular complexity index is 1030. The van der Waals surface area contributed by atoms with Gasteiger partial charge in [0.1, 0.15) is 5.75 Å². The number of likely N-dealkylation sites (tertiary alicyclic amines) is 1. The van der Waals surface area contributed by atoms with Crippen molar-refractivity contribution >= 4 is 39.3 Å². The van der Waals surface area contributed by atoms with Crippen LogP contribution >= 0.6 is 27.5 Å². The minimum atomic E-state index is -0.118. The van der Waals surface area contributed by atoms with Crippen LogP contribution in [0.3, 0.4) is 0 Å². The van der Waals surface area contributed by atoms with Gasteiger partial charge < -0.3 is 14.5 Å². The molecule has 1 heterocycles. The molecule has 4 rings (SSSR count). The van der Waals surface area contributed by atoms with Crippen molar-refractivity contribution in [1.82, 2.24) is 9.80 Å². The smallest absolute Gasteiger partial charge is 0.254 e. The summed E-state index contributed by atoms with van der Waals surface area (Å²) >= 11 is 9.75. The van der Waals surface area contributed by atoms with Crippen molar-refractivity contribution in [3.63, 3.8) is 0 Å². The average Bonchev–Trinajstić information content (AvgIpc) is 3.44. The van der Waals surface area contributed by atoms with E-state index in [1.165, 1.54) is 11.3 Å². The highest BCUT2D eigenvalue weighted by Crippen LogP contribution is 2.60. The van der Waals surface area contributed by atoms with Gasteiger partial charge >= 0.3 is 0 Å². The highest BCUT2D eigenvalue weighted by atomic mass is 79.9. The molecular weight excluding hydrogens is 504 g/mol. The second-order valence-corrected chi connectivity index (χ2v) is 10.8. The van der Waals surface area contributed by atoms with Crippen LogP contribution in [-0.2, 0) is 11.2 Å². The molecule has 2 aliphatic rings. The zero-order valence-corrected chi connectivity index (χ0v) is 21.5. The van der Waals surface area contributed by atoms with E-state index in [1.807, 2.05) is 29.2 Å². The van der Waals surface area contributed by atoms with Gasteiger partial charge in [0, 0.05) is 31.7 Å². The summed E-state index contributed by atoms with van der Waals surface area (Å²) in [5, 5.41) is 0.411. The standard InChI is InChI=1S/C26H30BrClN2O3/c1-29(2)25(32)22-7-6-21(16-23(22)28)33-13-8-19-17-26(19)9-11-30(12-10-26)24(31)15-18-4-3-5-20(27)14-18/h3-7,14,16,19H,8-13,15,17H2,1-2H3/t19-/m0/s1. The Balaban J connectivity index is 1.21. The molecule has 7 heteroatoms. The molecule has 1 atom stereocenters. The van der Waals surface area contributed by atoms with Gasteiger partial charge in [0.15, 0.2) is 0 Å². The van der Waals surface area contributed by atoms with Gasteiger partial charge in [0.2, 0.25) is 5.91 Å². The van der Waals surface area contributed by atoms with Crippen molar-refractivity contribution in [1.29, 1.82) is 0 Å². The lowest BCUT2D eigenvalue weighted by Crippen LogP contribution is -2.40. The second kappa shape index (κ2) is 10.1. The van der Waals surface area contributed by atoms with Gasteiger partial charge in [-0.15, -0.1) is 0 Å². The van der Waals surface area contributed by atoms with Gasteiger partial charge in [0.25, 0.3) is 5.91 Å². The van der Waals surface area contributed by atoms with E-state index < -0.39 is 0 Å². The van der Waals surface area contributed by atoms with Crippen molar-refractivity contribution in [3.8, 4) is 5.75 Å². The van der Waals surface area contributed by atoms with Gasteiger partial charge in [-0.3, -0.25) is 9.59 Å². The number of hydrogen-bond donors (Lipinski definition) is 0. The molecule has 1 aliphatic heterocycles. The molecule has 1 spiro atoms. The second-order valence-electron chi connectivity index (χ2n) is 9.43. The van der Waals surface area contributed by atoms with E-state index in [2.05, 4.69) is 15.9 Å². The molecular formula is C26H30BrClN2O3. The average molecular weight is 534 g/mol. The summed E-state index contributed by atoms with van der Waals surface area (Å²) in [6, 6.07) is 13.2. The Morgan fingerprint density at radius 2 is 1.94 bits per heavy atom. The van der Waals surface area contributed by atoms with Crippen LogP contribution < -0.4 is 4.74 Å². The zero-order chi connectivity index (χ0) is 23.6. The fourth-order valence-corrected chi connectivity index (χ4v) is 5.60. The number of carbonyl (C=O) groups excluding carboxylic acids is 2. The predicted molar refractivity (Wildman–Crippen MR) is 134 cm³/mol. The topological polar surface area (TPSA) is 49.9 Å². The molecule has 0 bridgehead atoms. The van der Waals surface area contributed by atoms with Crippen LogP contribution in [0, 0.1) is 11.3 Å². The molecule has 1 saturated carbocycles. The summed E-state index contributed by atoms with van der Waals surface area (Å²) in [5.74, 6) is 1.45. The Hall–Kier alpha value is -2.05. The number of piperidine rings is 1. The van der Waals surface area contributed by atoms with Crippen LogP contribution in [0.1, 0.15) is 41.6 Å². The third kappa shape index (κ3) is 5.72. The van der Waals surface area contributed by atoms with Crippen molar-refractivity contribution in [3.05, 3.63) is 63.1 Å². The summed E-state index contributed by atoms with van der Waals surface area (Å²) < 4.78 is 6.93. The Morgan fingerprint density at radius 3 is 2.61 bits per heavy atom. The number of amides is 2. The SMILES string of the molecule is CN(C)C(=O)c1ccc(OCC[C@H]2CC23CCN(C(=O)Cc2cccc(Br)c2)CC3)cc1Cl. The lowest BCUT2D eigenvalue weighted by Gasteiger charge is -2.33. The van der Waals surface area contributed by atoms with Crippen LogP contribution in [-0.4, -0.2) is 55.4 Å². The van der Waals surface area contributed by atoms with E-state index >= 15 is 0 Å². The lowest BCUT2D eigenvalue weighted by molar-refractivity contribution is -0.132. The summed E-state index contributed by atoms with van der Waals surface area (Å²) in [4.78, 5) is 28.3. The number of ether oxygens (including phenoxy) is 1. The van der Waals surface area contributed by atoms with Gasteiger partial charge in [-0.1, -0.05) is 39.7 Å². The zero-order valence-electron chi connectivity index (χ0n) is 19.2. The molecule has 1 saturated heterocycles. The molecule has 5 nitrogen and oxygen atoms in total. The summed E-state index contributed by atoms with van der Waals surface area (Å²) in [6.07, 6.45) is 4.85. The molecule has 0 unspecified atom stereocenters. The number of halogens is 2. The number of rotatable bonds is 7. The normalized spacial score (nSPS) is 18.8. The molecule has 1 aliphatic carbocycles. The Labute approximate surface area is 209 Å². The maximum atomic E-state index is 12.7. The molecule has 0 radical (unpaired) electrons. The first-order valence-electron chi connectivity index (χ1n) is 11.4. The van der Waals surface area contributed by atoms with E-state index in [0.717, 1.165) is 42.4 Å². The van der Waals surface area contributed by atoms with Crippen molar-refractivity contribution in [2.75, 3.05) is 33.8 Å². The van der Waals surface area contributed by atoms with Gasteiger partial charge in [-0.05, 0) is 72.9 Å². The summed E-state index contributed by atoms with van der Waals surface area (Å²) in [5.41, 5.74) is 1.92. The molecule has 2 amide bonds. The number of benzene rings is 2.